The van der Waals surface area contributed by atoms with Gasteiger partial charge in [-0.1, -0.05) is 43.7 Å². The number of benzene rings is 1. The van der Waals surface area contributed by atoms with Gasteiger partial charge in [0.05, 0.1) is 11.0 Å². The highest BCUT2D eigenvalue weighted by Crippen LogP contribution is 2.66. The molecular formula is C26H36O3S. The second-order valence-electron chi connectivity index (χ2n) is 11.0. The molecule has 3 fully saturated rings. The van der Waals surface area contributed by atoms with E-state index in [1.54, 1.807) is 12.1 Å². The lowest BCUT2D eigenvalue weighted by Gasteiger charge is -2.59. The van der Waals surface area contributed by atoms with E-state index in [1.807, 2.05) is 19.1 Å². The Kier molecular flexibility index (Phi) is 4.98. The molecule has 4 heteroatoms. The molecule has 3 saturated carbocycles. The summed E-state index contributed by atoms with van der Waals surface area (Å²) in [5, 5.41) is 0. The Morgan fingerprint density at radius 3 is 2.40 bits per heavy atom. The maximum Gasteiger partial charge on any atom is 0.297 e. The molecule has 1 aromatic rings. The molecule has 5 rings (SSSR count). The van der Waals surface area contributed by atoms with Gasteiger partial charge in [0, 0.05) is 0 Å². The molecule has 3 nitrogen and oxygen atoms in total. The molecule has 0 amide bonds. The molecule has 30 heavy (non-hydrogen) atoms. The van der Waals surface area contributed by atoms with Crippen LogP contribution in [0.15, 0.2) is 41.3 Å². The fraction of sp³-hybridized carbons (Fsp3) is 0.692. The molecular weight excluding hydrogens is 392 g/mol. The van der Waals surface area contributed by atoms with Crippen LogP contribution in [0.1, 0.15) is 70.8 Å². The highest BCUT2D eigenvalue weighted by Gasteiger charge is 2.60. The molecule has 4 aliphatic carbocycles. The summed E-state index contributed by atoms with van der Waals surface area (Å²) in [5.41, 5.74) is 1.47. The van der Waals surface area contributed by atoms with Gasteiger partial charge in [0.2, 0.25) is 0 Å². The molecule has 0 saturated heterocycles. The van der Waals surface area contributed by atoms with Crippen LogP contribution in [0.4, 0.5) is 0 Å². The van der Waals surface area contributed by atoms with Crippen LogP contribution in [0.2, 0.25) is 0 Å². The van der Waals surface area contributed by atoms with Crippen LogP contribution < -0.4 is 0 Å². The smallest absolute Gasteiger partial charge is 0.262 e. The Morgan fingerprint density at radius 2 is 1.63 bits per heavy atom. The first-order valence-corrected chi connectivity index (χ1v) is 13.3. The number of hydrogen-bond donors (Lipinski definition) is 0. The third-order valence-corrected chi connectivity index (χ3v) is 11.0. The third kappa shape index (κ3) is 3.12. The molecule has 4 aliphatic rings. The Labute approximate surface area is 182 Å². The first-order valence-electron chi connectivity index (χ1n) is 11.9. The molecule has 0 bridgehead atoms. The average molecular weight is 429 g/mol. The number of hydrogen-bond acceptors (Lipinski definition) is 3. The van der Waals surface area contributed by atoms with Crippen molar-refractivity contribution in [1.82, 2.24) is 0 Å². The Balaban J connectivity index is 1.38. The van der Waals surface area contributed by atoms with Crippen molar-refractivity contribution in [1.29, 1.82) is 0 Å². The number of fused-ring (bicyclic) bond motifs is 5. The largest absolute Gasteiger partial charge is 0.297 e. The molecule has 0 aliphatic heterocycles. The van der Waals surface area contributed by atoms with Crippen molar-refractivity contribution in [2.24, 2.45) is 34.5 Å². The van der Waals surface area contributed by atoms with Crippen LogP contribution >= 0.6 is 0 Å². The van der Waals surface area contributed by atoms with Crippen molar-refractivity contribution < 1.29 is 12.6 Å². The van der Waals surface area contributed by atoms with Gasteiger partial charge < -0.3 is 0 Å². The molecule has 0 aromatic heterocycles. The topological polar surface area (TPSA) is 43.4 Å². The summed E-state index contributed by atoms with van der Waals surface area (Å²) in [7, 11) is -3.72. The molecule has 164 valence electrons. The van der Waals surface area contributed by atoms with E-state index in [0.717, 1.165) is 42.6 Å². The van der Waals surface area contributed by atoms with Crippen LogP contribution in [0.5, 0.6) is 0 Å². The van der Waals surface area contributed by atoms with Crippen LogP contribution in [0, 0.1) is 41.4 Å². The summed E-state index contributed by atoms with van der Waals surface area (Å²) in [6.45, 7) is 6.84. The van der Waals surface area contributed by atoms with Gasteiger partial charge in [-0.15, -0.1) is 0 Å². The monoisotopic (exact) mass is 428 g/mol. The van der Waals surface area contributed by atoms with Crippen molar-refractivity contribution in [3.8, 4) is 0 Å². The lowest BCUT2D eigenvalue weighted by molar-refractivity contribution is -0.104. The van der Waals surface area contributed by atoms with Crippen molar-refractivity contribution in [3.63, 3.8) is 0 Å². The van der Waals surface area contributed by atoms with E-state index < -0.39 is 10.1 Å². The van der Waals surface area contributed by atoms with E-state index in [4.69, 9.17) is 4.18 Å². The fourth-order valence-electron chi connectivity index (χ4n) is 7.86. The zero-order valence-corrected chi connectivity index (χ0v) is 19.5. The Morgan fingerprint density at radius 1 is 0.900 bits per heavy atom. The maximum atomic E-state index is 13.0. The minimum Gasteiger partial charge on any atom is -0.262 e. The number of aryl methyl sites for hydroxylation is 1. The van der Waals surface area contributed by atoms with E-state index in [2.05, 4.69) is 26.0 Å². The SMILES string of the molecule is Cc1ccc(S(=O)(=O)OC2CC[C@H]3[C@@H]4CCC5CC=CC[C@]5(C)[C@@H]4CC[C@]23C)cc1. The first kappa shape index (κ1) is 20.8. The summed E-state index contributed by atoms with van der Waals surface area (Å²) >= 11 is 0. The van der Waals surface area contributed by atoms with E-state index in [0.29, 0.717) is 11.3 Å². The second-order valence-corrected chi connectivity index (χ2v) is 12.6. The summed E-state index contributed by atoms with van der Waals surface area (Å²) in [4.78, 5) is 0.288. The molecule has 0 radical (unpaired) electrons. The van der Waals surface area contributed by atoms with E-state index in [-0.39, 0.29) is 16.4 Å². The van der Waals surface area contributed by atoms with Crippen molar-refractivity contribution in [2.45, 2.75) is 83.1 Å². The molecule has 0 N–H and O–H groups in total. The minimum absolute atomic E-state index is 0.0212. The second kappa shape index (κ2) is 7.20. The minimum atomic E-state index is -3.72. The lowest BCUT2D eigenvalue weighted by atomic mass is 9.46. The molecule has 7 atom stereocenters. The van der Waals surface area contributed by atoms with Gasteiger partial charge in [-0.05, 0) is 105 Å². The van der Waals surface area contributed by atoms with E-state index in [9.17, 15) is 8.42 Å². The zero-order chi connectivity index (χ0) is 21.1. The quantitative estimate of drug-likeness (QED) is 0.420. The van der Waals surface area contributed by atoms with Crippen molar-refractivity contribution >= 4 is 10.1 Å². The van der Waals surface area contributed by atoms with Crippen LogP contribution in [0.25, 0.3) is 0 Å². The van der Waals surface area contributed by atoms with Crippen molar-refractivity contribution in [2.75, 3.05) is 0 Å². The number of allylic oxidation sites excluding steroid dienone is 2. The highest BCUT2D eigenvalue weighted by atomic mass is 32.2. The molecule has 2 unspecified atom stereocenters. The molecule has 0 spiro atoms. The van der Waals surface area contributed by atoms with Gasteiger partial charge in [-0.3, -0.25) is 4.18 Å². The van der Waals surface area contributed by atoms with Crippen molar-refractivity contribution in [3.05, 3.63) is 42.0 Å². The lowest BCUT2D eigenvalue weighted by Crippen LogP contribution is -2.53. The van der Waals surface area contributed by atoms with Gasteiger partial charge in [0.1, 0.15) is 0 Å². The zero-order valence-electron chi connectivity index (χ0n) is 18.6. The molecule has 0 heterocycles. The summed E-state index contributed by atoms with van der Waals surface area (Å²) in [6.07, 6.45) is 14.1. The fourth-order valence-corrected chi connectivity index (χ4v) is 9.06. The summed E-state index contributed by atoms with van der Waals surface area (Å²) in [6, 6.07) is 7.04. The standard InChI is InChI=1S/C26H36O3S/c1-18-7-10-20(11-8-18)30(27,28)29-24-14-13-22-21-12-9-19-6-4-5-16-25(19,2)23(21)15-17-26(22,24)3/h4-5,7-8,10-11,19,21-24H,6,9,12-17H2,1-3H3/t19?,21-,22-,23+,24?,25-,26-/m0/s1. The van der Waals surface area contributed by atoms with Gasteiger partial charge in [0.25, 0.3) is 10.1 Å². The van der Waals surface area contributed by atoms with Crippen LogP contribution in [-0.4, -0.2) is 14.5 Å². The van der Waals surface area contributed by atoms with Crippen LogP contribution in [0.3, 0.4) is 0 Å². The van der Waals surface area contributed by atoms with Gasteiger partial charge in [0.15, 0.2) is 0 Å². The predicted molar refractivity (Wildman–Crippen MR) is 119 cm³/mol. The highest BCUT2D eigenvalue weighted by molar-refractivity contribution is 7.86. The normalized spacial score (nSPS) is 43.0. The summed E-state index contributed by atoms with van der Waals surface area (Å²) < 4.78 is 32.0. The Hall–Kier alpha value is -1.13. The molecule has 1 aromatic carbocycles. The van der Waals surface area contributed by atoms with Gasteiger partial charge in [-0.25, -0.2) is 0 Å². The number of rotatable bonds is 3. The average Bonchev–Trinajstić information content (AvgIpc) is 3.03. The summed E-state index contributed by atoms with van der Waals surface area (Å²) in [5.74, 6) is 2.94. The third-order valence-electron chi connectivity index (χ3n) is 9.68. The van der Waals surface area contributed by atoms with E-state index >= 15 is 0 Å². The van der Waals surface area contributed by atoms with Crippen LogP contribution in [-0.2, 0) is 14.3 Å². The first-order chi connectivity index (χ1) is 14.2. The van der Waals surface area contributed by atoms with E-state index in [1.165, 1.54) is 32.1 Å². The van der Waals surface area contributed by atoms with Gasteiger partial charge in [-0.2, -0.15) is 8.42 Å². The predicted octanol–water partition coefficient (Wildman–Crippen LogP) is 6.28. The Bertz CT molecular complexity index is 934. The van der Waals surface area contributed by atoms with Gasteiger partial charge >= 0.3 is 0 Å². The maximum absolute atomic E-state index is 13.0.